The zero-order chi connectivity index (χ0) is 19.6. The number of rotatable bonds is 4. The molecule has 0 unspecified atom stereocenters. The summed E-state index contributed by atoms with van der Waals surface area (Å²) >= 11 is 11.3. The van der Waals surface area contributed by atoms with E-state index >= 15 is 0 Å². The van der Waals surface area contributed by atoms with Gasteiger partial charge < -0.3 is 15.0 Å². The Morgan fingerprint density at radius 2 is 2.04 bits per heavy atom. The van der Waals surface area contributed by atoms with Gasteiger partial charge >= 0.3 is 0 Å². The Labute approximate surface area is 167 Å². The van der Waals surface area contributed by atoms with E-state index in [2.05, 4.69) is 5.32 Å². The van der Waals surface area contributed by atoms with Gasteiger partial charge in [-0.05, 0) is 48.5 Å². The lowest BCUT2D eigenvalue weighted by molar-refractivity contribution is -0.118. The van der Waals surface area contributed by atoms with Crippen LogP contribution in [0, 0.1) is 0 Å². The molecule has 2 aromatic carbocycles. The molecule has 0 aromatic heterocycles. The van der Waals surface area contributed by atoms with Crippen molar-refractivity contribution in [2.45, 2.75) is 11.3 Å². The fraction of sp³-hybridized carbons (Fsp3) is 0.176. The molecule has 1 aliphatic heterocycles. The number of carbonyl (C=O) groups is 1. The smallest absolute Gasteiger partial charge is 0.264 e. The molecule has 0 atom stereocenters. The van der Waals surface area contributed by atoms with Crippen molar-refractivity contribution in [3.8, 4) is 0 Å². The minimum atomic E-state index is -3.87. The van der Waals surface area contributed by atoms with Crippen LogP contribution in [-0.4, -0.2) is 32.7 Å². The number of amides is 1. The molecule has 0 spiro atoms. The second-order valence-electron chi connectivity index (χ2n) is 5.82. The van der Waals surface area contributed by atoms with Gasteiger partial charge in [-0.1, -0.05) is 29.8 Å². The zero-order valence-electron chi connectivity index (χ0n) is 14.0. The molecule has 3 rings (SSSR count). The first-order valence-electron chi connectivity index (χ1n) is 7.90. The maximum atomic E-state index is 12.1. The summed E-state index contributed by atoms with van der Waals surface area (Å²) in [5.41, 5.74) is 2.40. The lowest BCUT2D eigenvalue weighted by atomic mass is 10.2. The van der Waals surface area contributed by atoms with Crippen LogP contribution in [0.5, 0.6) is 0 Å². The molecule has 7 nitrogen and oxygen atoms in total. The van der Waals surface area contributed by atoms with Crippen LogP contribution in [0.25, 0.3) is 0 Å². The first-order valence-corrected chi connectivity index (χ1v) is 10.2. The minimum Gasteiger partial charge on any atom is -0.461 e. The second kappa shape index (κ2) is 7.81. The third-order valence-corrected chi connectivity index (χ3v) is 5.54. The first kappa shape index (κ1) is 19.6. The summed E-state index contributed by atoms with van der Waals surface area (Å²) in [6, 6.07) is 11.6. The maximum Gasteiger partial charge on any atom is 0.264 e. The SMILES string of the molecule is NS(=O)(=O)c1ccc(NC(=O)COC(=S)N2CCc3ccccc32)c(Cl)c1. The number of primary sulfonamides is 1. The Hall–Kier alpha value is -2.20. The van der Waals surface area contributed by atoms with Crippen LogP contribution in [0.4, 0.5) is 11.4 Å². The van der Waals surface area contributed by atoms with E-state index in [1.807, 2.05) is 29.2 Å². The number of anilines is 2. The van der Waals surface area contributed by atoms with Gasteiger partial charge in [-0.25, -0.2) is 13.6 Å². The Morgan fingerprint density at radius 1 is 1.30 bits per heavy atom. The number of hydrogen-bond donors (Lipinski definition) is 2. The molecule has 142 valence electrons. The lowest BCUT2D eigenvalue weighted by Gasteiger charge is -2.20. The van der Waals surface area contributed by atoms with E-state index < -0.39 is 15.9 Å². The van der Waals surface area contributed by atoms with Gasteiger partial charge in [-0.15, -0.1) is 0 Å². The van der Waals surface area contributed by atoms with Gasteiger partial charge in [0.05, 0.1) is 15.6 Å². The summed E-state index contributed by atoms with van der Waals surface area (Å²) in [6.45, 7) is 0.394. The monoisotopic (exact) mass is 425 g/mol. The maximum absolute atomic E-state index is 12.1. The van der Waals surface area contributed by atoms with Crippen molar-refractivity contribution in [3.63, 3.8) is 0 Å². The fourth-order valence-corrected chi connectivity index (χ4v) is 3.77. The van der Waals surface area contributed by atoms with Crippen molar-refractivity contribution in [2.75, 3.05) is 23.4 Å². The van der Waals surface area contributed by atoms with E-state index in [1.165, 1.54) is 23.8 Å². The average molecular weight is 426 g/mol. The Balaban J connectivity index is 1.58. The van der Waals surface area contributed by atoms with Crippen LogP contribution >= 0.6 is 23.8 Å². The number of sulfonamides is 1. The van der Waals surface area contributed by atoms with Gasteiger partial charge in [-0.3, -0.25) is 4.79 Å². The first-order chi connectivity index (χ1) is 12.8. The predicted molar refractivity (Wildman–Crippen MR) is 107 cm³/mol. The van der Waals surface area contributed by atoms with Gasteiger partial charge in [0, 0.05) is 12.2 Å². The van der Waals surface area contributed by atoms with E-state index in [0.29, 0.717) is 6.54 Å². The number of thiocarbonyl (C=S) groups is 1. The van der Waals surface area contributed by atoms with E-state index in [-0.39, 0.29) is 27.4 Å². The highest BCUT2D eigenvalue weighted by molar-refractivity contribution is 7.89. The molecule has 27 heavy (non-hydrogen) atoms. The molecule has 0 aliphatic carbocycles. The largest absolute Gasteiger partial charge is 0.461 e. The summed E-state index contributed by atoms with van der Waals surface area (Å²) < 4.78 is 28.0. The predicted octanol–water partition coefficient (Wildman–Crippen LogP) is 2.29. The number of hydrogen-bond acceptors (Lipinski definition) is 5. The normalized spacial score (nSPS) is 13.2. The molecule has 1 amide bonds. The van der Waals surface area contributed by atoms with Gasteiger partial charge in [-0.2, -0.15) is 0 Å². The molecular weight excluding hydrogens is 410 g/mol. The molecule has 1 aliphatic rings. The summed E-state index contributed by atoms with van der Waals surface area (Å²) in [7, 11) is -3.87. The number of carbonyl (C=O) groups excluding carboxylic acids is 1. The summed E-state index contributed by atoms with van der Waals surface area (Å²) in [4.78, 5) is 13.8. The number of nitrogens with zero attached hydrogens (tertiary/aromatic N) is 1. The number of nitrogens with one attached hydrogen (secondary N) is 1. The van der Waals surface area contributed by atoms with Crippen molar-refractivity contribution < 1.29 is 17.9 Å². The quantitative estimate of drug-likeness (QED) is 0.729. The van der Waals surface area contributed by atoms with Gasteiger partial charge in [0.25, 0.3) is 11.1 Å². The van der Waals surface area contributed by atoms with Crippen LogP contribution in [0.3, 0.4) is 0 Å². The number of nitrogens with two attached hydrogens (primary N) is 1. The summed E-state index contributed by atoms with van der Waals surface area (Å²) in [5.74, 6) is -0.477. The highest BCUT2D eigenvalue weighted by atomic mass is 35.5. The van der Waals surface area contributed by atoms with E-state index in [1.54, 1.807) is 0 Å². The van der Waals surface area contributed by atoms with Crippen molar-refractivity contribution >= 4 is 56.3 Å². The number of fused-ring (bicyclic) bond motifs is 1. The van der Waals surface area contributed by atoms with Gasteiger partial charge in [0.2, 0.25) is 10.0 Å². The number of halogens is 1. The Morgan fingerprint density at radius 3 is 2.74 bits per heavy atom. The van der Waals surface area contributed by atoms with Crippen molar-refractivity contribution in [1.82, 2.24) is 0 Å². The zero-order valence-corrected chi connectivity index (χ0v) is 16.4. The standard InChI is InChI=1S/C17H16ClN3O4S2/c18-13-9-12(27(19,23)24)5-6-14(13)20-16(22)10-25-17(26)21-8-7-11-3-1-2-4-15(11)21/h1-6,9H,7-8,10H2,(H,20,22)(H2,19,23,24). The molecule has 10 heteroatoms. The van der Waals surface area contributed by atoms with Crippen LogP contribution in [0.1, 0.15) is 5.56 Å². The summed E-state index contributed by atoms with van der Waals surface area (Å²) in [5, 5.41) is 7.84. The van der Waals surface area contributed by atoms with E-state index in [0.717, 1.165) is 12.1 Å². The molecule has 0 bridgehead atoms. The highest BCUT2D eigenvalue weighted by Gasteiger charge is 2.23. The number of para-hydroxylation sites is 1. The molecule has 0 fully saturated rings. The van der Waals surface area contributed by atoms with Crippen LogP contribution < -0.4 is 15.4 Å². The van der Waals surface area contributed by atoms with Crippen LogP contribution in [0.2, 0.25) is 5.02 Å². The third-order valence-electron chi connectivity index (χ3n) is 3.98. The number of ether oxygens (including phenoxy) is 1. The molecule has 0 saturated heterocycles. The van der Waals surface area contributed by atoms with E-state index in [4.69, 9.17) is 33.7 Å². The summed E-state index contributed by atoms with van der Waals surface area (Å²) in [6.07, 6.45) is 0.859. The number of benzene rings is 2. The van der Waals surface area contributed by atoms with Gasteiger partial charge in [0.1, 0.15) is 0 Å². The van der Waals surface area contributed by atoms with Crippen molar-refractivity contribution in [2.24, 2.45) is 5.14 Å². The van der Waals surface area contributed by atoms with E-state index in [9.17, 15) is 13.2 Å². The lowest BCUT2D eigenvalue weighted by Crippen LogP contribution is -2.32. The Kier molecular flexibility index (Phi) is 5.66. The molecule has 0 radical (unpaired) electrons. The average Bonchev–Trinajstić information content (AvgIpc) is 3.04. The van der Waals surface area contributed by atoms with Crippen LogP contribution in [0.15, 0.2) is 47.4 Å². The molecule has 1 heterocycles. The van der Waals surface area contributed by atoms with Gasteiger partial charge in [0.15, 0.2) is 6.61 Å². The molecule has 3 N–H and O–H groups in total. The second-order valence-corrected chi connectivity index (χ2v) is 8.14. The third kappa shape index (κ3) is 4.56. The topological polar surface area (TPSA) is 102 Å². The van der Waals surface area contributed by atoms with Crippen molar-refractivity contribution in [3.05, 3.63) is 53.1 Å². The molecular formula is C17H16ClN3O4S2. The molecule has 2 aromatic rings. The Bertz CT molecular complexity index is 1010. The highest BCUT2D eigenvalue weighted by Crippen LogP contribution is 2.28. The van der Waals surface area contributed by atoms with Crippen molar-refractivity contribution in [1.29, 1.82) is 0 Å². The minimum absolute atomic E-state index is 0.0471. The fourth-order valence-electron chi connectivity index (χ4n) is 2.69. The molecule has 0 saturated carbocycles. The van der Waals surface area contributed by atoms with Crippen LogP contribution in [-0.2, 0) is 26.0 Å².